The minimum absolute atomic E-state index is 0.0958. The highest BCUT2D eigenvalue weighted by Gasteiger charge is 2.52. The van der Waals surface area contributed by atoms with Gasteiger partial charge in [0.2, 0.25) is 0 Å². The zero-order valence-electron chi connectivity index (χ0n) is 16.2. The smallest absolute Gasteiger partial charge is 0.188 e. The lowest BCUT2D eigenvalue weighted by atomic mass is 9.82. The number of aliphatic imine (C=N–C) groups is 2. The molecule has 1 fully saturated rings. The van der Waals surface area contributed by atoms with Crippen molar-refractivity contribution in [2.45, 2.75) is 18.5 Å². The van der Waals surface area contributed by atoms with Crippen molar-refractivity contribution in [1.82, 2.24) is 0 Å². The van der Waals surface area contributed by atoms with Gasteiger partial charge in [0, 0.05) is 0 Å². The van der Waals surface area contributed by atoms with Crippen LogP contribution in [0.3, 0.4) is 0 Å². The lowest BCUT2D eigenvalue weighted by molar-refractivity contribution is 0.260. The fraction of sp³-hybridized carbons (Fsp3) is 0.360. The number of allylic oxidation sites excluding steroid dienone is 2. The Morgan fingerprint density at radius 3 is 1.52 bits per heavy atom. The molecule has 6 atom stereocenters. The minimum Gasteiger partial charge on any atom is -0.478 e. The van der Waals surface area contributed by atoms with Crippen LogP contribution in [0.5, 0.6) is 0 Å². The van der Waals surface area contributed by atoms with E-state index in [1.54, 1.807) is 0 Å². The predicted molar refractivity (Wildman–Crippen MR) is 113 cm³/mol. The summed E-state index contributed by atoms with van der Waals surface area (Å²) in [5.74, 6) is 3.23. The second-order valence-electron chi connectivity index (χ2n) is 8.41. The molecule has 4 aliphatic rings. The largest absolute Gasteiger partial charge is 0.478 e. The van der Waals surface area contributed by atoms with Gasteiger partial charge in [0.25, 0.3) is 0 Å². The highest BCUT2D eigenvalue weighted by Crippen LogP contribution is 2.51. The molecule has 6 rings (SSSR count). The van der Waals surface area contributed by atoms with E-state index in [4.69, 9.17) is 19.5 Å². The molecule has 4 nitrogen and oxygen atoms in total. The van der Waals surface area contributed by atoms with Gasteiger partial charge in [0.05, 0.1) is 11.8 Å². The second-order valence-corrected chi connectivity index (χ2v) is 8.41. The first-order valence-electron chi connectivity index (χ1n) is 10.6. The molecular weight excluding hydrogens is 360 g/mol. The third kappa shape index (κ3) is 2.89. The Hall–Kier alpha value is -2.88. The normalized spacial score (nSPS) is 34.6. The van der Waals surface area contributed by atoms with Crippen molar-refractivity contribution in [3.8, 4) is 0 Å². The SMILES string of the molecule is C1=C[C@H]2C[C@@H]1[C@H](C1=N[C@@H](c3ccccc3)CO1)[C@H]2C1=N[C@@H](c2ccccc2)CO1. The van der Waals surface area contributed by atoms with Crippen LogP contribution in [0.2, 0.25) is 0 Å². The number of benzene rings is 2. The van der Waals surface area contributed by atoms with Crippen molar-refractivity contribution >= 4 is 11.8 Å². The van der Waals surface area contributed by atoms with Crippen molar-refractivity contribution < 1.29 is 9.47 Å². The molecule has 2 aromatic rings. The van der Waals surface area contributed by atoms with Gasteiger partial charge in [-0.15, -0.1) is 0 Å². The summed E-state index contributed by atoms with van der Waals surface area (Å²) in [6.07, 6.45) is 5.83. The van der Waals surface area contributed by atoms with Gasteiger partial charge in [0.15, 0.2) is 11.8 Å². The number of hydrogen-bond donors (Lipinski definition) is 0. The highest BCUT2D eigenvalue weighted by atomic mass is 16.5. The Kier molecular flexibility index (Phi) is 4.03. The lowest BCUT2D eigenvalue weighted by Crippen LogP contribution is -2.33. The molecular formula is C25H24N2O2. The van der Waals surface area contributed by atoms with E-state index in [1.807, 2.05) is 12.1 Å². The molecule has 2 heterocycles. The molecule has 4 heteroatoms. The summed E-state index contributed by atoms with van der Waals surface area (Å²) in [5, 5.41) is 0. The standard InChI is InChI=1S/C25H24N2O2/c1-3-7-16(8-4-1)20-14-28-24(26-20)22-18-11-12-19(13-18)23(22)25-27-21(15-29-25)17-9-5-2-6-10-17/h1-12,18-23H,13-15H2/t18-,19+,20-,21-,22+,23+/m1/s1. The van der Waals surface area contributed by atoms with E-state index >= 15 is 0 Å². The minimum atomic E-state index is 0.0958. The Morgan fingerprint density at radius 2 is 1.07 bits per heavy atom. The van der Waals surface area contributed by atoms with Crippen LogP contribution in [0.25, 0.3) is 0 Å². The van der Waals surface area contributed by atoms with Crippen LogP contribution in [-0.4, -0.2) is 25.0 Å². The van der Waals surface area contributed by atoms with Crippen LogP contribution in [-0.2, 0) is 9.47 Å². The van der Waals surface area contributed by atoms with Crippen molar-refractivity contribution in [3.05, 3.63) is 83.9 Å². The van der Waals surface area contributed by atoms with Crippen LogP contribution in [0.4, 0.5) is 0 Å². The van der Waals surface area contributed by atoms with Crippen molar-refractivity contribution in [3.63, 3.8) is 0 Å². The van der Waals surface area contributed by atoms with E-state index in [0.717, 1.165) is 18.2 Å². The summed E-state index contributed by atoms with van der Waals surface area (Å²) in [6.45, 7) is 1.26. The van der Waals surface area contributed by atoms with E-state index in [9.17, 15) is 0 Å². The first-order valence-corrected chi connectivity index (χ1v) is 10.6. The molecule has 0 spiro atoms. The number of hydrogen-bond acceptors (Lipinski definition) is 4. The predicted octanol–water partition coefficient (Wildman–Crippen LogP) is 4.76. The van der Waals surface area contributed by atoms with Crippen molar-refractivity contribution in [2.75, 3.05) is 13.2 Å². The summed E-state index contributed by atoms with van der Waals surface area (Å²) in [5.41, 5.74) is 2.44. The third-order valence-corrected chi connectivity index (χ3v) is 6.74. The van der Waals surface area contributed by atoms with Crippen LogP contribution in [0.15, 0.2) is 82.8 Å². The van der Waals surface area contributed by atoms with Gasteiger partial charge in [-0.2, -0.15) is 0 Å². The third-order valence-electron chi connectivity index (χ3n) is 6.74. The fourth-order valence-electron chi connectivity index (χ4n) is 5.34. The summed E-state index contributed by atoms with van der Waals surface area (Å²) in [4.78, 5) is 10.0. The Bertz CT molecular complexity index is 903. The summed E-state index contributed by atoms with van der Waals surface area (Å²) in [7, 11) is 0. The number of fused-ring (bicyclic) bond motifs is 2. The van der Waals surface area contributed by atoms with Crippen molar-refractivity contribution in [1.29, 1.82) is 0 Å². The number of ether oxygens (including phenoxy) is 2. The highest BCUT2D eigenvalue weighted by molar-refractivity contribution is 5.91. The molecule has 2 aromatic carbocycles. The molecule has 2 aliphatic heterocycles. The monoisotopic (exact) mass is 384 g/mol. The lowest BCUT2D eigenvalue weighted by Gasteiger charge is -2.26. The summed E-state index contributed by atoms with van der Waals surface area (Å²) >= 11 is 0. The zero-order valence-corrected chi connectivity index (χ0v) is 16.2. The zero-order chi connectivity index (χ0) is 19.2. The molecule has 2 aliphatic carbocycles. The first kappa shape index (κ1) is 17.0. The molecule has 0 unspecified atom stereocenters. The van der Waals surface area contributed by atoms with Gasteiger partial charge >= 0.3 is 0 Å². The van der Waals surface area contributed by atoms with Crippen LogP contribution >= 0.6 is 0 Å². The van der Waals surface area contributed by atoms with Crippen LogP contribution in [0, 0.1) is 23.7 Å². The summed E-state index contributed by atoms with van der Waals surface area (Å²) < 4.78 is 12.3. The molecule has 0 aromatic heterocycles. The molecule has 146 valence electrons. The Balaban J connectivity index is 1.29. The number of nitrogens with zero attached hydrogens (tertiary/aromatic N) is 2. The van der Waals surface area contributed by atoms with Crippen LogP contribution in [0.1, 0.15) is 29.6 Å². The fourth-order valence-corrected chi connectivity index (χ4v) is 5.34. The van der Waals surface area contributed by atoms with E-state index in [2.05, 4.69) is 60.7 Å². The second kappa shape index (κ2) is 6.87. The molecule has 0 amide bonds. The number of rotatable bonds is 4. The van der Waals surface area contributed by atoms with Gasteiger partial charge in [0.1, 0.15) is 25.3 Å². The first-order chi connectivity index (χ1) is 14.4. The van der Waals surface area contributed by atoms with E-state index < -0.39 is 0 Å². The summed E-state index contributed by atoms with van der Waals surface area (Å²) in [6, 6.07) is 21.1. The average molecular weight is 384 g/mol. The van der Waals surface area contributed by atoms with Crippen molar-refractivity contribution in [2.24, 2.45) is 33.7 Å². The van der Waals surface area contributed by atoms with Gasteiger partial charge in [-0.25, -0.2) is 9.98 Å². The molecule has 1 saturated carbocycles. The molecule has 0 N–H and O–H groups in total. The Labute approximate surface area is 171 Å². The average Bonchev–Trinajstić information content (AvgIpc) is 3.58. The van der Waals surface area contributed by atoms with Gasteiger partial charge in [-0.1, -0.05) is 72.8 Å². The maximum atomic E-state index is 6.16. The maximum absolute atomic E-state index is 6.16. The van der Waals surface area contributed by atoms with Gasteiger partial charge < -0.3 is 9.47 Å². The van der Waals surface area contributed by atoms with E-state index in [0.29, 0.717) is 25.0 Å². The van der Waals surface area contributed by atoms with Gasteiger partial charge in [-0.05, 0) is 29.4 Å². The molecule has 0 saturated heterocycles. The Morgan fingerprint density at radius 1 is 0.621 bits per heavy atom. The van der Waals surface area contributed by atoms with Gasteiger partial charge in [-0.3, -0.25) is 0 Å². The van der Waals surface area contributed by atoms with E-state index in [-0.39, 0.29) is 23.9 Å². The molecule has 0 radical (unpaired) electrons. The topological polar surface area (TPSA) is 43.2 Å². The quantitative estimate of drug-likeness (QED) is 0.713. The maximum Gasteiger partial charge on any atom is 0.188 e. The molecule has 2 bridgehead atoms. The van der Waals surface area contributed by atoms with Crippen LogP contribution < -0.4 is 0 Å². The van der Waals surface area contributed by atoms with E-state index in [1.165, 1.54) is 11.1 Å². The molecule has 29 heavy (non-hydrogen) atoms.